The minimum Gasteiger partial charge on any atom is -0.326 e. The standard InChI is InChI=1S/C17H20FNO2/c18-14-10-15-12(6-8-17(21)19-15)9-13(14)16(20)7-5-11-3-1-2-4-11/h9-11H,1-8H2,(H,19,21). The number of halogens is 1. The quantitative estimate of drug-likeness (QED) is 0.855. The van der Waals surface area contributed by atoms with Gasteiger partial charge in [-0.1, -0.05) is 25.7 Å². The van der Waals surface area contributed by atoms with Crippen molar-refractivity contribution < 1.29 is 14.0 Å². The van der Waals surface area contributed by atoms with E-state index in [0.717, 1.165) is 12.0 Å². The highest BCUT2D eigenvalue weighted by atomic mass is 19.1. The molecule has 21 heavy (non-hydrogen) atoms. The monoisotopic (exact) mass is 289 g/mol. The van der Waals surface area contributed by atoms with Gasteiger partial charge >= 0.3 is 0 Å². The van der Waals surface area contributed by atoms with Crippen LogP contribution >= 0.6 is 0 Å². The van der Waals surface area contributed by atoms with Gasteiger partial charge in [-0.3, -0.25) is 9.59 Å². The van der Waals surface area contributed by atoms with Crippen LogP contribution in [0.5, 0.6) is 0 Å². The summed E-state index contributed by atoms with van der Waals surface area (Å²) in [6.07, 6.45) is 7.17. The number of ketones is 1. The molecule has 1 aromatic carbocycles. The number of aryl methyl sites for hydroxylation is 1. The van der Waals surface area contributed by atoms with Gasteiger partial charge in [0, 0.05) is 18.5 Å². The predicted molar refractivity (Wildman–Crippen MR) is 78.9 cm³/mol. The first-order chi connectivity index (χ1) is 10.1. The summed E-state index contributed by atoms with van der Waals surface area (Å²) in [5, 5.41) is 2.65. The summed E-state index contributed by atoms with van der Waals surface area (Å²) in [6.45, 7) is 0. The third-order valence-corrected chi connectivity index (χ3v) is 4.64. The van der Waals surface area contributed by atoms with E-state index in [9.17, 15) is 14.0 Å². The summed E-state index contributed by atoms with van der Waals surface area (Å²) < 4.78 is 14.1. The fourth-order valence-electron chi connectivity index (χ4n) is 3.38. The van der Waals surface area contributed by atoms with Gasteiger partial charge in [0.15, 0.2) is 5.78 Å². The second-order valence-corrected chi connectivity index (χ2v) is 6.15. The molecule has 0 atom stereocenters. The van der Waals surface area contributed by atoms with Crippen molar-refractivity contribution in [3.63, 3.8) is 0 Å². The number of fused-ring (bicyclic) bond motifs is 1. The molecule has 1 fully saturated rings. The Morgan fingerprint density at radius 1 is 1.24 bits per heavy atom. The number of amides is 1. The lowest BCUT2D eigenvalue weighted by Gasteiger charge is -2.18. The van der Waals surface area contributed by atoms with Crippen LogP contribution in [0.3, 0.4) is 0 Å². The van der Waals surface area contributed by atoms with Crippen molar-refractivity contribution in [2.24, 2.45) is 5.92 Å². The molecule has 3 nitrogen and oxygen atoms in total. The van der Waals surface area contributed by atoms with Crippen molar-refractivity contribution in [3.05, 3.63) is 29.1 Å². The number of anilines is 1. The first-order valence-electron chi connectivity index (χ1n) is 7.79. The lowest BCUT2D eigenvalue weighted by atomic mass is 9.94. The van der Waals surface area contributed by atoms with Crippen LogP contribution in [0.15, 0.2) is 12.1 Å². The minimum atomic E-state index is -0.521. The lowest BCUT2D eigenvalue weighted by molar-refractivity contribution is -0.116. The molecular formula is C17H20FNO2. The average molecular weight is 289 g/mol. The second kappa shape index (κ2) is 5.96. The first-order valence-corrected chi connectivity index (χ1v) is 7.79. The summed E-state index contributed by atoms with van der Waals surface area (Å²) in [5.41, 5.74) is 1.55. The number of carbonyl (C=O) groups is 2. The van der Waals surface area contributed by atoms with E-state index < -0.39 is 5.82 Å². The average Bonchev–Trinajstić information content (AvgIpc) is 2.97. The van der Waals surface area contributed by atoms with Crippen molar-refractivity contribution in [2.75, 3.05) is 5.32 Å². The number of Topliss-reactive ketones (excluding diaryl/α,β-unsaturated/α-hetero) is 1. The van der Waals surface area contributed by atoms with Crippen molar-refractivity contribution >= 4 is 17.4 Å². The molecule has 0 unspecified atom stereocenters. The van der Waals surface area contributed by atoms with Crippen LogP contribution in [0.1, 0.15) is 60.9 Å². The van der Waals surface area contributed by atoms with Crippen LogP contribution in [0.25, 0.3) is 0 Å². The third kappa shape index (κ3) is 3.14. The molecule has 4 heteroatoms. The second-order valence-electron chi connectivity index (χ2n) is 6.15. The highest BCUT2D eigenvalue weighted by molar-refractivity contribution is 5.99. The largest absolute Gasteiger partial charge is 0.326 e. The van der Waals surface area contributed by atoms with Gasteiger partial charge in [0.1, 0.15) is 5.82 Å². The summed E-state index contributed by atoms with van der Waals surface area (Å²) in [5.74, 6) is -0.0948. The van der Waals surface area contributed by atoms with E-state index in [1.807, 2.05) is 0 Å². The van der Waals surface area contributed by atoms with Crippen molar-refractivity contribution in [2.45, 2.75) is 51.4 Å². The van der Waals surface area contributed by atoms with Gasteiger partial charge in [0.25, 0.3) is 0 Å². The van der Waals surface area contributed by atoms with Crippen LogP contribution in [-0.2, 0) is 11.2 Å². The van der Waals surface area contributed by atoms with Crippen LogP contribution in [0, 0.1) is 11.7 Å². The molecule has 1 aliphatic carbocycles. The van der Waals surface area contributed by atoms with Crippen LogP contribution in [0.2, 0.25) is 0 Å². The Bertz CT molecular complexity index is 576. The van der Waals surface area contributed by atoms with Crippen LogP contribution in [-0.4, -0.2) is 11.7 Å². The smallest absolute Gasteiger partial charge is 0.224 e. The lowest BCUT2D eigenvalue weighted by Crippen LogP contribution is -2.20. The maximum atomic E-state index is 14.1. The summed E-state index contributed by atoms with van der Waals surface area (Å²) in [7, 11) is 0. The van der Waals surface area contributed by atoms with Gasteiger partial charge in [-0.05, 0) is 36.5 Å². The molecule has 0 aromatic heterocycles. The zero-order chi connectivity index (χ0) is 14.8. The normalized spacial score (nSPS) is 18.4. The van der Waals surface area contributed by atoms with E-state index in [1.165, 1.54) is 31.7 Å². The topological polar surface area (TPSA) is 46.2 Å². The molecule has 1 aliphatic heterocycles. The van der Waals surface area contributed by atoms with E-state index in [2.05, 4.69) is 5.32 Å². The minimum absolute atomic E-state index is 0.0952. The number of carbonyl (C=O) groups excluding carboxylic acids is 2. The van der Waals surface area contributed by atoms with Gasteiger partial charge in [-0.2, -0.15) is 0 Å². The van der Waals surface area contributed by atoms with Gasteiger partial charge in [-0.15, -0.1) is 0 Å². The summed E-state index contributed by atoms with van der Waals surface area (Å²) >= 11 is 0. The Morgan fingerprint density at radius 2 is 2.00 bits per heavy atom. The number of nitrogens with one attached hydrogen (secondary N) is 1. The molecule has 0 radical (unpaired) electrons. The highest BCUT2D eigenvalue weighted by Crippen LogP contribution is 2.30. The third-order valence-electron chi connectivity index (χ3n) is 4.64. The van der Waals surface area contributed by atoms with Gasteiger partial charge in [0.05, 0.1) is 5.56 Å². The highest BCUT2D eigenvalue weighted by Gasteiger charge is 2.22. The molecule has 112 valence electrons. The molecule has 1 amide bonds. The number of hydrogen-bond donors (Lipinski definition) is 1. The van der Waals surface area contributed by atoms with E-state index in [4.69, 9.17) is 0 Å². The maximum absolute atomic E-state index is 14.1. The molecule has 2 aliphatic rings. The number of benzene rings is 1. The summed E-state index contributed by atoms with van der Waals surface area (Å²) in [6, 6.07) is 2.91. The molecule has 0 spiro atoms. The predicted octanol–water partition coefficient (Wildman–Crippen LogP) is 3.86. The van der Waals surface area contributed by atoms with Crippen LogP contribution in [0.4, 0.5) is 10.1 Å². The summed E-state index contributed by atoms with van der Waals surface area (Å²) in [4.78, 5) is 23.5. The Balaban J connectivity index is 1.72. The molecule has 1 saturated carbocycles. The zero-order valence-corrected chi connectivity index (χ0v) is 12.1. The van der Waals surface area contributed by atoms with Crippen LogP contribution < -0.4 is 5.32 Å². The molecular weight excluding hydrogens is 269 g/mol. The maximum Gasteiger partial charge on any atom is 0.224 e. The fourth-order valence-corrected chi connectivity index (χ4v) is 3.38. The zero-order valence-electron chi connectivity index (χ0n) is 12.1. The van der Waals surface area contributed by atoms with Crippen molar-refractivity contribution in [1.29, 1.82) is 0 Å². The molecule has 3 rings (SSSR count). The Morgan fingerprint density at radius 3 is 2.76 bits per heavy atom. The molecule has 0 bridgehead atoms. The van der Waals surface area contributed by atoms with Gasteiger partial charge < -0.3 is 5.32 Å². The Kier molecular flexibility index (Phi) is 4.04. The molecule has 0 saturated heterocycles. The van der Waals surface area contributed by atoms with Gasteiger partial charge in [0.2, 0.25) is 5.91 Å². The first kappa shape index (κ1) is 14.2. The van der Waals surface area contributed by atoms with E-state index in [1.54, 1.807) is 6.07 Å². The van der Waals surface area contributed by atoms with Gasteiger partial charge in [-0.25, -0.2) is 4.39 Å². The Labute approximate surface area is 123 Å². The number of rotatable bonds is 4. The van der Waals surface area contributed by atoms with E-state index >= 15 is 0 Å². The number of hydrogen-bond acceptors (Lipinski definition) is 2. The Hall–Kier alpha value is -1.71. The molecule has 1 aromatic rings. The SMILES string of the molecule is O=C1CCc2cc(C(=O)CCC3CCCC3)c(F)cc2N1. The van der Waals surface area contributed by atoms with E-state index in [0.29, 0.717) is 30.9 Å². The fraction of sp³-hybridized carbons (Fsp3) is 0.529. The molecule has 1 heterocycles. The van der Waals surface area contributed by atoms with E-state index in [-0.39, 0.29) is 17.3 Å². The molecule has 1 N–H and O–H groups in total. The van der Waals surface area contributed by atoms with Crippen molar-refractivity contribution in [1.82, 2.24) is 0 Å². The van der Waals surface area contributed by atoms with Crippen molar-refractivity contribution in [3.8, 4) is 0 Å².